The van der Waals surface area contributed by atoms with E-state index in [-0.39, 0.29) is 12.3 Å². The van der Waals surface area contributed by atoms with Gasteiger partial charge in [-0.3, -0.25) is 9.48 Å². The molecule has 0 unspecified atom stereocenters. The Balaban J connectivity index is 1.59. The van der Waals surface area contributed by atoms with Gasteiger partial charge in [0.1, 0.15) is 0 Å². The minimum absolute atomic E-state index is 0.0305. The van der Waals surface area contributed by atoms with Crippen molar-refractivity contribution in [1.82, 2.24) is 24.6 Å². The highest BCUT2D eigenvalue weighted by molar-refractivity contribution is 7.12. The Bertz CT molecular complexity index is 816. The largest absolute Gasteiger partial charge is 0.352 e. The molecule has 3 heterocycles. The van der Waals surface area contributed by atoms with Crippen molar-refractivity contribution in [3.8, 4) is 5.13 Å². The van der Waals surface area contributed by atoms with Gasteiger partial charge in [0, 0.05) is 42.6 Å². The number of aromatic nitrogens is 4. The summed E-state index contributed by atoms with van der Waals surface area (Å²) in [5.74, 6) is -0.0305. The van der Waals surface area contributed by atoms with Gasteiger partial charge in [0.15, 0.2) is 5.13 Å². The van der Waals surface area contributed by atoms with Gasteiger partial charge in [0.05, 0.1) is 17.8 Å². The Morgan fingerprint density at radius 1 is 1.30 bits per heavy atom. The number of thiazole rings is 1. The van der Waals surface area contributed by atoms with Crippen LogP contribution in [0.1, 0.15) is 22.6 Å². The van der Waals surface area contributed by atoms with E-state index in [2.05, 4.69) is 15.4 Å². The maximum atomic E-state index is 12.1. The van der Waals surface area contributed by atoms with E-state index in [9.17, 15) is 4.79 Å². The van der Waals surface area contributed by atoms with Gasteiger partial charge in [-0.2, -0.15) is 5.10 Å². The molecular formula is C16H19N5OS. The molecule has 0 aliphatic heterocycles. The number of carbonyl (C=O) groups is 1. The van der Waals surface area contributed by atoms with Crippen LogP contribution in [-0.2, 0) is 24.8 Å². The van der Waals surface area contributed by atoms with Gasteiger partial charge in [-0.05, 0) is 26.0 Å². The van der Waals surface area contributed by atoms with Crippen molar-refractivity contribution < 1.29 is 4.79 Å². The summed E-state index contributed by atoms with van der Waals surface area (Å²) in [6.45, 7) is 4.46. The number of carbonyl (C=O) groups excluding carboxylic acids is 1. The minimum atomic E-state index is -0.0305. The van der Waals surface area contributed by atoms with Gasteiger partial charge < -0.3 is 9.88 Å². The predicted molar refractivity (Wildman–Crippen MR) is 89.7 cm³/mol. The van der Waals surface area contributed by atoms with Crippen LogP contribution in [0.3, 0.4) is 0 Å². The summed E-state index contributed by atoms with van der Waals surface area (Å²) in [7, 11) is 1.91. The Hall–Kier alpha value is -2.41. The first-order chi connectivity index (χ1) is 11.0. The van der Waals surface area contributed by atoms with Crippen LogP contribution >= 0.6 is 11.3 Å². The normalized spacial score (nSPS) is 10.9. The first-order valence-corrected chi connectivity index (χ1v) is 8.26. The minimum Gasteiger partial charge on any atom is -0.352 e. The number of nitrogens with zero attached hydrogens (tertiary/aromatic N) is 4. The maximum absolute atomic E-state index is 12.1. The highest BCUT2D eigenvalue weighted by Gasteiger charge is 2.12. The Morgan fingerprint density at radius 3 is 2.70 bits per heavy atom. The number of amides is 1. The highest BCUT2D eigenvalue weighted by Crippen LogP contribution is 2.15. The fraction of sp³-hybridized carbons (Fsp3) is 0.312. The van der Waals surface area contributed by atoms with E-state index in [0.717, 1.165) is 27.8 Å². The van der Waals surface area contributed by atoms with Crippen molar-refractivity contribution in [2.75, 3.05) is 0 Å². The van der Waals surface area contributed by atoms with Crippen LogP contribution in [0.5, 0.6) is 0 Å². The maximum Gasteiger partial charge on any atom is 0.226 e. The molecule has 0 radical (unpaired) electrons. The van der Waals surface area contributed by atoms with E-state index in [4.69, 9.17) is 0 Å². The third-order valence-electron chi connectivity index (χ3n) is 3.83. The molecule has 0 aliphatic carbocycles. The third kappa shape index (κ3) is 3.34. The average Bonchev–Trinajstić information content (AvgIpc) is 3.21. The van der Waals surface area contributed by atoms with E-state index in [1.54, 1.807) is 0 Å². The van der Waals surface area contributed by atoms with Crippen molar-refractivity contribution in [1.29, 1.82) is 0 Å². The quantitative estimate of drug-likeness (QED) is 0.780. The van der Waals surface area contributed by atoms with Gasteiger partial charge in [-0.1, -0.05) is 0 Å². The summed E-state index contributed by atoms with van der Waals surface area (Å²) in [4.78, 5) is 16.6. The lowest BCUT2D eigenvalue weighted by molar-refractivity contribution is -0.120. The second-order valence-corrected chi connectivity index (χ2v) is 6.27. The zero-order chi connectivity index (χ0) is 16.4. The van der Waals surface area contributed by atoms with Crippen LogP contribution in [0.4, 0.5) is 0 Å². The Labute approximate surface area is 138 Å². The summed E-state index contributed by atoms with van der Waals surface area (Å²) in [5, 5.41) is 10.1. The molecule has 23 heavy (non-hydrogen) atoms. The predicted octanol–water partition coefficient (Wildman–Crippen LogP) is 2.14. The Kier molecular flexibility index (Phi) is 4.29. The first-order valence-electron chi connectivity index (χ1n) is 7.38. The van der Waals surface area contributed by atoms with Crippen LogP contribution in [0.25, 0.3) is 5.13 Å². The molecule has 3 aromatic rings. The van der Waals surface area contributed by atoms with Crippen LogP contribution in [0.2, 0.25) is 0 Å². The third-order valence-corrected chi connectivity index (χ3v) is 4.73. The summed E-state index contributed by atoms with van der Waals surface area (Å²) in [6.07, 6.45) is 4.17. The fourth-order valence-corrected chi connectivity index (χ4v) is 3.24. The topological polar surface area (TPSA) is 64.7 Å². The van der Waals surface area contributed by atoms with Gasteiger partial charge in [-0.25, -0.2) is 4.98 Å². The number of hydrogen-bond donors (Lipinski definition) is 1. The van der Waals surface area contributed by atoms with Gasteiger partial charge in [0.25, 0.3) is 0 Å². The molecule has 3 aromatic heterocycles. The molecule has 0 spiro atoms. The second kappa shape index (κ2) is 6.37. The van der Waals surface area contributed by atoms with E-state index in [1.165, 1.54) is 11.3 Å². The molecule has 7 heteroatoms. The molecule has 1 amide bonds. The second-order valence-electron chi connectivity index (χ2n) is 5.44. The molecule has 3 rings (SSSR count). The zero-order valence-electron chi connectivity index (χ0n) is 13.4. The van der Waals surface area contributed by atoms with Crippen molar-refractivity contribution in [2.45, 2.75) is 26.8 Å². The van der Waals surface area contributed by atoms with Gasteiger partial charge in [0.2, 0.25) is 5.91 Å². The average molecular weight is 329 g/mol. The molecule has 0 aromatic carbocycles. The lowest BCUT2D eigenvalue weighted by Gasteiger charge is -2.05. The molecule has 0 fully saturated rings. The smallest absolute Gasteiger partial charge is 0.226 e. The van der Waals surface area contributed by atoms with Crippen LogP contribution in [-0.4, -0.2) is 25.2 Å². The highest BCUT2D eigenvalue weighted by atomic mass is 32.1. The molecule has 6 nitrogen and oxygen atoms in total. The van der Waals surface area contributed by atoms with Crippen molar-refractivity contribution >= 4 is 17.2 Å². The number of nitrogens with one attached hydrogen (secondary N) is 1. The summed E-state index contributed by atoms with van der Waals surface area (Å²) >= 11 is 1.53. The SMILES string of the molecule is Cc1nn(C)c(C)c1CNC(=O)Cc1csc(-n2cccc2)n1. The molecule has 120 valence electrons. The van der Waals surface area contributed by atoms with Crippen LogP contribution in [0.15, 0.2) is 29.9 Å². The van der Waals surface area contributed by atoms with E-state index >= 15 is 0 Å². The lowest BCUT2D eigenvalue weighted by Crippen LogP contribution is -2.25. The van der Waals surface area contributed by atoms with Crippen molar-refractivity contribution in [3.63, 3.8) is 0 Å². The van der Waals surface area contributed by atoms with E-state index in [1.807, 2.05) is 60.1 Å². The van der Waals surface area contributed by atoms with Crippen LogP contribution in [0, 0.1) is 13.8 Å². The molecule has 1 N–H and O–H groups in total. The summed E-state index contributed by atoms with van der Waals surface area (Å²) in [6, 6.07) is 3.90. The van der Waals surface area contributed by atoms with Gasteiger partial charge in [-0.15, -0.1) is 11.3 Å². The number of aryl methyl sites for hydroxylation is 2. The fourth-order valence-electron chi connectivity index (χ4n) is 2.45. The standard InChI is InChI=1S/C16H19N5OS/c1-11-14(12(2)20(3)19-11)9-17-15(22)8-13-10-23-16(18-13)21-6-4-5-7-21/h4-7,10H,8-9H2,1-3H3,(H,17,22). The van der Waals surface area contributed by atoms with Gasteiger partial charge >= 0.3 is 0 Å². The molecule has 0 aliphatic rings. The molecule has 0 saturated carbocycles. The number of hydrogen-bond acceptors (Lipinski definition) is 4. The monoisotopic (exact) mass is 329 g/mol. The molecule has 0 bridgehead atoms. The summed E-state index contributed by atoms with van der Waals surface area (Å²) < 4.78 is 3.77. The van der Waals surface area contributed by atoms with Crippen LogP contribution < -0.4 is 5.32 Å². The zero-order valence-corrected chi connectivity index (χ0v) is 14.2. The summed E-state index contributed by atoms with van der Waals surface area (Å²) in [5.41, 5.74) is 3.89. The van der Waals surface area contributed by atoms with Crippen molar-refractivity contribution in [2.24, 2.45) is 7.05 Å². The molecule has 0 saturated heterocycles. The molecule has 0 atom stereocenters. The van der Waals surface area contributed by atoms with Crippen molar-refractivity contribution in [3.05, 3.63) is 52.6 Å². The number of rotatable bonds is 5. The van der Waals surface area contributed by atoms with E-state index in [0.29, 0.717) is 6.54 Å². The van der Waals surface area contributed by atoms with E-state index < -0.39 is 0 Å². The first kappa shape index (κ1) is 15.5. The Morgan fingerprint density at radius 2 is 2.04 bits per heavy atom. The molecular weight excluding hydrogens is 310 g/mol. The lowest BCUT2D eigenvalue weighted by atomic mass is 10.2.